The van der Waals surface area contributed by atoms with Crippen molar-refractivity contribution in [3.05, 3.63) is 203 Å². The molecule has 0 saturated carbocycles. The molecule has 8 aromatic rings. The Labute approximate surface area is 322 Å². The summed E-state index contributed by atoms with van der Waals surface area (Å²) in [6.45, 7) is 0.471. The van der Waals surface area contributed by atoms with Crippen molar-refractivity contribution < 1.29 is 19.2 Å². The van der Waals surface area contributed by atoms with Gasteiger partial charge in [0.15, 0.2) is 0 Å². The first-order chi connectivity index (χ1) is 27.4. The second-order valence-electron chi connectivity index (χ2n) is 14.1. The minimum absolute atomic E-state index is 0.236. The summed E-state index contributed by atoms with van der Waals surface area (Å²) < 4.78 is 0. The van der Waals surface area contributed by atoms with E-state index in [4.69, 9.17) is 0 Å². The summed E-state index contributed by atoms with van der Waals surface area (Å²) in [5, 5.41) is 10.6. The average Bonchev–Trinajstić information content (AvgIpc) is 3.24. The van der Waals surface area contributed by atoms with Gasteiger partial charge in [0, 0.05) is 10.8 Å². The summed E-state index contributed by atoms with van der Waals surface area (Å²) in [6, 6.07) is 53.3. The summed E-state index contributed by atoms with van der Waals surface area (Å²) in [4.78, 5) is 58.6. The van der Waals surface area contributed by atoms with Crippen LogP contribution in [0.1, 0.15) is 52.6 Å². The molecule has 2 aliphatic rings. The Morgan fingerprint density at radius 3 is 1.02 bits per heavy atom. The number of imide groups is 2. The SMILES string of the molecule is O=C1c2ccc3c4c(ccc(c24)C(=O)N1N(Cc1ccc2ccccc2c1)c1ccccc1)C(=O)N(N(Cc1ccc2ccccc2c1)c1ccccc1)C3=O. The second-order valence-corrected chi connectivity index (χ2v) is 14.1. The summed E-state index contributed by atoms with van der Waals surface area (Å²) in [7, 11) is 0. The van der Waals surface area contributed by atoms with Crippen molar-refractivity contribution >= 4 is 67.3 Å². The van der Waals surface area contributed by atoms with Crippen molar-refractivity contribution in [1.29, 1.82) is 0 Å². The van der Waals surface area contributed by atoms with E-state index in [1.54, 1.807) is 34.3 Å². The zero-order chi connectivity index (χ0) is 37.9. The first-order valence-corrected chi connectivity index (χ1v) is 18.4. The van der Waals surface area contributed by atoms with Gasteiger partial charge in [-0.3, -0.25) is 29.2 Å². The van der Waals surface area contributed by atoms with Gasteiger partial charge in [-0.05, 0) is 93.3 Å². The standard InChI is InChI=1S/C48H32N4O4/c53-45-39-23-25-41-44-42(48(56)52(47(41)55)50(38-17-5-2-6-18-38)30-32-20-22-34-12-8-10-14-36(34)28-32)26-24-40(43(39)44)46(54)51(45)49(37-15-3-1-4-16-37)29-31-19-21-33-11-7-9-13-35(33)27-31/h1-28H,29-30H2. The normalized spacial score (nSPS) is 13.6. The zero-order valence-electron chi connectivity index (χ0n) is 30.0. The van der Waals surface area contributed by atoms with Crippen LogP contribution in [-0.2, 0) is 13.1 Å². The van der Waals surface area contributed by atoms with E-state index >= 15 is 0 Å². The molecule has 0 fully saturated rings. The summed E-state index contributed by atoms with van der Waals surface area (Å²) in [5.74, 6) is -2.17. The lowest BCUT2D eigenvalue weighted by Crippen LogP contribution is -2.53. The van der Waals surface area contributed by atoms with E-state index in [-0.39, 0.29) is 35.3 Å². The number of amides is 4. The highest BCUT2D eigenvalue weighted by Gasteiger charge is 2.43. The van der Waals surface area contributed by atoms with Crippen LogP contribution in [0.25, 0.3) is 32.3 Å². The molecule has 8 heteroatoms. The van der Waals surface area contributed by atoms with E-state index in [0.29, 0.717) is 22.1 Å². The van der Waals surface area contributed by atoms with Gasteiger partial charge in [-0.2, -0.15) is 10.0 Å². The number of nitrogens with zero attached hydrogens (tertiary/aromatic N) is 4. The molecule has 0 unspecified atom stereocenters. The summed E-state index contributed by atoms with van der Waals surface area (Å²) in [6.07, 6.45) is 0. The monoisotopic (exact) mass is 728 g/mol. The van der Waals surface area contributed by atoms with Crippen LogP contribution in [0.3, 0.4) is 0 Å². The predicted molar refractivity (Wildman–Crippen MR) is 218 cm³/mol. The molecule has 0 bridgehead atoms. The van der Waals surface area contributed by atoms with Gasteiger partial charge in [0.25, 0.3) is 23.6 Å². The van der Waals surface area contributed by atoms with Crippen molar-refractivity contribution in [1.82, 2.24) is 10.0 Å². The largest absolute Gasteiger partial charge is 0.280 e. The third-order valence-electron chi connectivity index (χ3n) is 10.7. The number of benzene rings is 8. The third kappa shape index (κ3) is 5.30. The first-order valence-electron chi connectivity index (χ1n) is 18.4. The van der Waals surface area contributed by atoms with Crippen molar-refractivity contribution in [3.63, 3.8) is 0 Å². The highest BCUT2D eigenvalue weighted by atomic mass is 16.2. The Morgan fingerprint density at radius 1 is 0.339 bits per heavy atom. The summed E-state index contributed by atoms with van der Waals surface area (Å²) in [5.41, 5.74) is 4.10. The van der Waals surface area contributed by atoms with Gasteiger partial charge in [0.1, 0.15) is 0 Å². The minimum Gasteiger partial charge on any atom is -0.271 e. The molecule has 268 valence electrons. The van der Waals surface area contributed by atoms with Crippen LogP contribution in [0.4, 0.5) is 11.4 Å². The van der Waals surface area contributed by atoms with Crippen LogP contribution in [0.2, 0.25) is 0 Å². The number of hydrazine groups is 2. The van der Waals surface area contributed by atoms with E-state index < -0.39 is 23.6 Å². The lowest BCUT2D eigenvalue weighted by Gasteiger charge is -2.40. The van der Waals surface area contributed by atoms with Crippen LogP contribution < -0.4 is 10.0 Å². The van der Waals surface area contributed by atoms with E-state index in [1.807, 2.05) is 133 Å². The topological polar surface area (TPSA) is 81.2 Å². The summed E-state index contributed by atoms with van der Waals surface area (Å²) >= 11 is 0. The molecule has 0 radical (unpaired) electrons. The molecule has 0 spiro atoms. The maximum Gasteiger partial charge on any atom is 0.280 e. The smallest absolute Gasteiger partial charge is 0.271 e. The van der Waals surface area contributed by atoms with Crippen molar-refractivity contribution in [2.75, 3.05) is 10.0 Å². The second kappa shape index (κ2) is 13.1. The molecule has 10 rings (SSSR count). The van der Waals surface area contributed by atoms with Crippen molar-refractivity contribution in [2.24, 2.45) is 0 Å². The molecule has 0 aromatic heterocycles. The lowest BCUT2D eigenvalue weighted by atomic mass is 9.86. The quantitative estimate of drug-likeness (QED) is 0.145. The van der Waals surface area contributed by atoms with Gasteiger partial charge in [-0.15, -0.1) is 0 Å². The number of hydrogen-bond donors (Lipinski definition) is 0. The fourth-order valence-electron chi connectivity index (χ4n) is 8.06. The molecule has 2 heterocycles. The molecule has 0 saturated heterocycles. The Hall–Kier alpha value is -7.58. The number of para-hydroxylation sites is 2. The van der Waals surface area contributed by atoms with Crippen LogP contribution in [0.5, 0.6) is 0 Å². The highest BCUT2D eigenvalue weighted by molar-refractivity contribution is 6.33. The lowest BCUT2D eigenvalue weighted by molar-refractivity contribution is 0.0564. The number of fused-ring (bicyclic) bond motifs is 2. The number of hydrogen-bond acceptors (Lipinski definition) is 6. The molecule has 8 aromatic carbocycles. The van der Waals surface area contributed by atoms with E-state index in [1.165, 1.54) is 10.0 Å². The number of carbonyl (C=O) groups excluding carboxylic acids is 4. The zero-order valence-corrected chi connectivity index (χ0v) is 30.0. The Kier molecular flexibility index (Phi) is 7.71. The van der Waals surface area contributed by atoms with Gasteiger partial charge >= 0.3 is 0 Å². The molecule has 2 aliphatic heterocycles. The van der Waals surface area contributed by atoms with Gasteiger partial charge in [-0.25, -0.2) is 0 Å². The molecule has 4 amide bonds. The number of carbonyl (C=O) groups is 4. The van der Waals surface area contributed by atoms with Crippen LogP contribution in [-0.4, -0.2) is 33.6 Å². The van der Waals surface area contributed by atoms with E-state index in [0.717, 1.165) is 32.7 Å². The maximum atomic E-state index is 14.7. The Bertz CT molecular complexity index is 2660. The van der Waals surface area contributed by atoms with Crippen LogP contribution in [0, 0.1) is 0 Å². The van der Waals surface area contributed by atoms with E-state index in [9.17, 15) is 19.2 Å². The molecule has 0 aliphatic carbocycles. The van der Waals surface area contributed by atoms with Gasteiger partial charge in [0.2, 0.25) is 0 Å². The van der Waals surface area contributed by atoms with E-state index in [2.05, 4.69) is 12.1 Å². The van der Waals surface area contributed by atoms with Crippen molar-refractivity contribution in [2.45, 2.75) is 13.1 Å². The molecule has 8 nitrogen and oxygen atoms in total. The van der Waals surface area contributed by atoms with Crippen LogP contribution in [0.15, 0.2) is 170 Å². The number of rotatable bonds is 8. The first kappa shape index (κ1) is 33.0. The molecule has 0 N–H and O–H groups in total. The van der Waals surface area contributed by atoms with Crippen LogP contribution >= 0.6 is 0 Å². The predicted octanol–water partition coefficient (Wildman–Crippen LogP) is 9.58. The van der Waals surface area contributed by atoms with Gasteiger partial charge < -0.3 is 0 Å². The van der Waals surface area contributed by atoms with Crippen molar-refractivity contribution in [3.8, 4) is 0 Å². The van der Waals surface area contributed by atoms with Gasteiger partial charge in [-0.1, -0.05) is 109 Å². The molecular formula is C48H32N4O4. The molecule has 56 heavy (non-hydrogen) atoms. The molecule has 0 atom stereocenters. The minimum atomic E-state index is -0.541. The average molecular weight is 729 g/mol. The fourth-order valence-corrected chi connectivity index (χ4v) is 8.06. The maximum absolute atomic E-state index is 14.7. The molecular weight excluding hydrogens is 697 g/mol. The number of anilines is 2. The third-order valence-corrected chi connectivity index (χ3v) is 10.7. The Morgan fingerprint density at radius 2 is 0.661 bits per heavy atom. The highest BCUT2D eigenvalue weighted by Crippen LogP contribution is 2.40. The van der Waals surface area contributed by atoms with Gasteiger partial charge in [0.05, 0.1) is 46.7 Å². The fraction of sp³-hybridized carbons (Fsp3) is 0.0417. The Balaban J connectivity index is 1.05.